The summed E-state index contributed by atoms with van der Waals surface area (Å²) < 4.78 is 1.96. The Hall–Kier alpha value is -2.43. The summed E-state index contributed by atoms with van der Waals surface area (Å²) in [6.45, 7) is 0. The molecule has 1 aromatic carbocycles. The van der Waals surface area contributed by atoms with Gasteiger partial charge in [-0.05, 0) is 44.2 Å². The third-order valence-corrected chi connectivity index (χ3v) is 4.58. The van der Waals surface area contributed by atoms with Gasteiger partial charge in [-0.2, -0.15) is 10.2 Å². The summed E-state index contributed by atoms with van der Waals surface area (Å²) in [5, 5.41) is 12.5. The smallest absolute Gasteiger partial charge is 0.184 e. The Morgan fingerprint density at radius 2 is 1.95 bits per heavy atom. The van der Waals surface area contributed by atoms with Crippen LogP contribution in [0, 0.1) is 0 Å². The van der Waals surface area contributed by atoms with Crippen molar-refractivity contribution in [2.45, 2.75) is 38.0 Å². The molecule has 2 aromatic heterocycles. The van der Waals surface area contributed by atoms with Gasteiger partial charge in [0.2, 0.25) is 0 Å². The summed E-state index contributed by atoms with van der Waals surface area (Å²) in [6.07, 6.45) is 5.79. The van der Waals surface area contributed by atoms with Crippen molar-refractivity contribution in [1.29, 1.82) is 0 Å². The number of H-pyrrole nitrogens is 1. The summed E-state index contributed by atoms with van der Waals surface area (Å²) in [5.74, 6) is 2.39. The highest BCUT2D eigenvalue weighted by atomic mass is 15.4. The fourth-order valence-corrected chi connectivity index (χ4v) is 3.25. The minimum atomic E-state index is 0.538. The first kappa shape index (κ1) is 12.1. The van der Waals surface area contributed by atoms with Gasteiger partial charge >= 0.3 is 0 Å². The molecule has 2 heterocycles. The monoisotopic (exact) mass is 291 g/mol. The molecule has 0 amide bonds. The SMILES string of the molecule is c1ccc(-n2nc(C3CC3)nc2-c2n[nH]c3c2CCC3)cc1. The number of aromatic amines is 1. The van der Waals surface area contributed by atoms with Gasteiger partial charge in [0.25, 0.3) is 0 Å². The molecule has 0 spiro atoms. The van der Waals surface area contributed by atoms with E-state index in [2.05, 4.69) is 22.3 Å². The van der Waals surface area contributed by atoms with E-state index in [9.17, 15) is 0 Å². The number of fused-ring (bicyclic) bond motifs is 1. The Labute approximate surface area is 128 Å². The third kappa shape index (κ3) is 1.81. The van der Waals surface area contributed by atoms with Gasteiger partial charge in [-0.3, -0.25) is 5.10 Å². The lowest BCUT2D eigenvalue weighted by Gasteiger charge is -2.04. The second-order valence-electron chi connectivity index (χ2n) is 6.20. The van der Waals surface area contributed by atoms with E-state index >= 15 is 0 Å². The van der Waals surface area contributed by atoms with E-state index in [1.165, 1.54) is 30.5 Å². The number of hydrogen-bond acceptors (Lipinski definition) is 3. The molecule has 0 saturated heterocycles. The summed E-state index contributed by atoms with van der Waals surface area (Å²) in [7, 11) is 0. The molecular weight excluding hydrogens is 274 g/mol. The molecule has 1 fully saturated rings. The van der Waals surface area contributed by atoms with Crippen LogP contribution in [0.3, 0.4) is 0 Å². The Bertz CT molecular complexity index is 826. The Kier molecular flexibility index (Phi) is 2.50. The average Bonchev–Trinajstić information content (AvgIpc) is 2.98. The molecule has 2 aliphatic carbocycles. The predicted octanol–water partition coefficient (Wildman–Crippen LogP) is 3.02. The largest absolute Gasteiger partial charge is 0.282 e. The number of nitrogens with one attached hydrogen (secondary N) is 1. The molecule has 5 nitrogen and oxygen atoms in total. The van der Waals surface area contributed by atoms with Gasteiger partial charge in [0.15, 0.2) is 11.6 Å². The normalized spacial score (nSPS) is 16.9. The molecule has 5 rings (SSSR count). The maximum absolute atomic E-state index is 4.84. The van der Waals surface area contributed by atoms with Gasteiger partial charge in [-0.1, -0.05) is 18.2 Å². The van der Waals surface area contributed by atoms with Crippen molar-refractivity contribution in [3.63, 3.8) is 0 Å². The molecular formula is C17H17N5. The van der Waals surface area contributed by atoms with Crippen LogP contribution in [-0.4, -0.2) is 25.0 Å². The van der Waals surface area contributed by atoms with Crippen molar-refractivity contribution in [3.8, 4) is 17.2 Å². The highest BCUT2D eigenvalue weighted by Gasteiger charge is 2.31. The Balaban J connectivity index is 1.70. The molecule has 0 unspecified atom stereocenters. The number of aromatic nitrogens is 5. The first-order valence-corrected chi connectivity index (χ1v) is 7.99. The first-order valence-electron chi connectivity index (χ1n) is 7.99. The van der Waals surface area contributed by atoms with E-state index in [-0.39, 0.29) is 0 Å². The van der Waals surface area contributed by atoms with E-state index in [0.717, 1.165) is 35.9 Å². The maximum Gasteiger partial charge on any atom is 0.184 e. The second kappa shape index (κ2) is 4.53. The van der Waals surface area contributed by atoms with E-state index in [4.69, 9.17) is 10.1 Å². The van der Waals surface area contributed by atoms with Crippen molar-refractivity contribution in [2.24, 2.45) is 0 Å². The fourth-order valence-electron chi connectivity index (χ4n) is 3.25. The highest BCUT2D eigenvalue weighted by Crippen LogP contribution is 2.40. The molecule has 110 valence electrons. The lowest BCUT2D eigenvalue weighted by Crippen LogP contribution is -2.01. The van der Waals surface area contributed by atoms with Crippen molar-refractivity contribution in [2.75, 3.05) is 0 Å². The third-order valence-electron chi connectivity index (χ3n) is 4.58. The molecule has 2 aliphatic rings. The van der Waals surface area contributed by atoms with Gasteiger partial charge < -0.3 is 0 Å². The predicted molar refractivity (Wildman–Crippen MR) is 82.9 cm³/mol. The first-order chi connectivity index (χ1) is 10.9. The topological polar surface area (TPSA) is 59.4 Å². The summed E-state index contributed by atoms with van der Waals surface area (Å²) in [6, 6.07) is 10.2. The van der Waals surface area contributed by atoms with Crippen molar-refractivity contribution in [1.82, 2.24) is 25.0 Å². The molecule has 3 aromatic rings. The number of hydrogen-bond donors (Lipinski definition) is 1. The van der Waals surface area contributed by atoms with Gasteiger partial charge in [-0.15, -0.1) is 0 Å². The van der Waals surface area contributed by atoms with E-state index in [1.54, 1.807) is 0 Å². The number of para-hydroxylation sites is 1. The Morgan fingerprint density at radius 1 is 1.09 bits per heavy atom. The van der Waals surface area contributed by atoms with Crippen LogP contribution in [0.4, 0.5) is 0 Å². The van der Waals surface area contributed by atoms with Gasteiger partial charge in [0.05, 0.1) is 5.69 Å². The molecule has 22 heavy (non-hydrogen) atoms. The van der Waals surface area contributed by atoms with Crippen LogP contribution >= 0.6 is 0 Å². The summed E-state index contributed by atoms with van der Waals surface area (Å²) in [4.78, 5) is 4.84. The zero-order valence-electron chi connectivity index (χ0n) is 12.3. The van der Waals surface area contributed by atoms with Crippen LogP contribution in [0.2, 0.25) is 0 Å². The maximum atomic E-state index is 4.84. The molecule has 0 aliphatic heterocycles. The molecule has 0 atom stereocenters. The summed E-state index contributed by atoms with van der Waals surface area (Å²) >= 11 is 0. The minimum absolute atomic E-state index is 0.538. The van der Waals surface area contributed by atoms with Crippen molar-refractivity contribution >= 4 is 0 Å². The van der Waals surface area contributed by atoms with Gasteiger partial charge in [0.1, 0.15) is 5.69 Å². The number of rotatable bonds is 3. The van der Waals surface area contributed by atoms with Crippen LogP contribution in [0.25, 0.3) is 17.2 Å². The van der Waals surface area contributed by atoms with E-state index in [0.29, 0.717) is 5.92 Å². The van der Waals surface area contributed by atoms with Gasteiger partial charge in [0, 0.05) is 17.2 Å². The van der Waals surface area contributed by atoms with Crippen LogP contribution < -0.4 is 0 Å². The number of aryl methyl sites for hydroxylation is 1. The highest BCUT2D eigenvalue weighted by molar-refractivity contribution is 5.60. The van der Waals surface area contributed by atoms with Gasteiger partial charge in [-0.25, -0.2) is 9.67 Å². The van der Waals surface area contributed by atoms with Crippen LogP contribution in [0.1, 0.15) is 42.3 Å². The second-order valence-corrected chi connectivity index (χ2v) is 6.20. The summed E-state index contributed by atoms with van der Waals surface area (Å²) in [5.41, 5.74) is 4.62. The quantitative estimate of drug-likeness (QED) is 0.807. The van der Waals surface area contributed by atoms with Crippen LogP contribution in [0.15, 0.2) is 30.3 Å². The molecule has 1 saturated carbocycles. The van der Waals surface area contributed by atoms with Crippen LogP contribution in [-0.2, 0) is 12.8 Å². The van der Waals surface area contributed by atoms with E-state index < -0.39 is 0 Å². The van der Waals surface area contributed by atoms with Crippen molar-refractivity contribution in [3.05, 3.63) is 47.4 Å². The standard InChI is InChI=1S/C17H17N5/c1-2-5-12(6-3-1)22-17(18-16(21-22)11-9-10-11)15-13-7-4-8-14(13)19-20-15/h1-3,5-6,11H,4,7-10H2,(H,19,20). The molecule has 1 N–H and O–H groups in total. The fraction of sp³-hybridized carbons (Fsp3) is 0.353. The van der Waals surface area contributed by atoms with Crippen molar-refractivity contribution < 1.29 is 0 Å². The van der Waals surface area contributed by atoms with E-state index in [1.807, 2.05) is 22.9 Å². The zero-order chi connectivity index (χ0) is 14.5. The number of nitrogens with zero attached hydrogens (tertiary/aromatic N) is 4. The van der Waals surface area contributed by atoms with Crippen LogP contribution in [0.5, 0.6) is 0 Å². The lowest BCUT2D eigenvalue weighted by atomic mass is 10.2. The molecule has 0 radical (unpaired) electrons. The molecule has 5 heteroatoms. The zero-order valence-corrected chi connectivity index (χ0v) is 12.3. The Morgan fingerprint density at radius 3 is 2.77 bits per heavy atom. The lowest BCUT2D eigenvalue weighted by molar-refractivity contribution is 0.831. The molecule has 0 bridgehead atoms. The number of benzene rings is 1. The average molecular weight is 291 g/mol. The minimum Gasteiger partial charge on any atom is -0.282 e.